The van der Waals surface area contributed by atoms with E-state index in [0.717, 1.165) is 21.7 Å². The number of β-amino-alcohol motifs (C(OH)–C–C–N with tert-alkyl or cyclic N) is 1. The molecule has 10 heteroatoms. The Balaban J connectivity index is 1.71. The van der Waals surface area contributed by atoms with E-state index in [9.17, 15) is 19.5 Å². The first-order valence-electron chi connectivity index (χ1n) is 12.7. The second-order valence-corrected chi connectivity index (χ2v) is 11.6. The summed E-state index contributed by atoms with van der Waals surface area (Å²) < 4.78 is 0. The molecule has 3 rings (SSSR count). The Bertz CT molecular complexity index is 1090. The van der Waals surface area contributed by atoms with Crippen LogP contribution in [0.25, 0.3) is 10.4 Å². The molecule has 3 amide bonds. The van der Waals surface area contributed by atoms with Crippen LogP contribution in [-0.2, 0) is 14.4 Å². The number of nitrogens with two attached hydrogens (primary N) is 1. The maximum absolute atomic E-state index is 13.6. The molecule has 1 aliphatic heterocycles. The van der Waals surface area contributed by atoms with E-state index in [1.54, 1.807) is 11.3 Å². The fourth-order valence-corrected chi connectivity index (χ4v) is 5.32. The number of hydrogen-bond acceptors (Lipinski definition) is 7. The van der Waals surface area contributed by atoms with Crippen LogP contribution in [0.2, 0.25) is 0 Å². The van der Waals surface area contributed by atoms with Crippen molar-refractivity contribution in [2.75, 3.05) is 13.1 Å². The van der Waals surface area contributed by atoms with Crippen molar-refractivity contribution < 1.29 is 19.5 Å². The molecule has 0 saturated carbocycles. The maximum atomic E-state index is 13.6. The smallest absolute Gasteiger partial charge is 0.246 e. The highest BCUT2D eigenvalue weighted by Gasteiger charge is 2.44. The Morgan fingerprint density at radius 2 is 1.89 bits per heavy atom. The van der Waals surface area contributed by atoms with Gasteiger partial charge in [-0.05, 0) is 43.4 Å². The van der Waals surface area contributed by atoms with E-state index in [4.69, 9.17) is 5.73 Å². The lowest BCUT2D eigenvalue weighted by Gasteiger charge is -2.35. The SMILES string of the molecule is Cc1ncsc1-c1ccc([C@H](C)NC(=O)C2C[C@@H](O)CN2C(=O)[C@@H](NC(=O)CCCN)C(C)(C)C)cc1. The molecule has 0 spiro atoms. The molecule has 9 nitrogen and oxygen atoms in total. The van der Waals surface area contributed by atoms with Crippen molar-refractivity contribution in [1.82, 2.24) is 20.5 Å². The van der Waals surface area contributed by atoms with Gasteiger partial charge in [0.1, 0.15) is 12.1 Å². The van der Waals surface area contributed by atoms with Crippen molar-refractivity contribution in [3.8, 4) is 10.4 Å². The molecule has 1 saturated heterocycles. The van der Waals surface area contributed by atoms with Crippen LogP contribution in [0.15, 0.2) is 29.8 Å². The van der Waals surface area contributed by atoms with Crippen molar-refractivity contribution in [3.63, 3.8) is 0 Å². The first kappa shape index (κ1) is 28.7. The summed E-state index contributed by atoms with van der Waals surface area (Å²) in [5, 5.41) is 16.2. The summed E-state index contributed by atoms with van der Waals surface area (Å²) in [4.78, 5) is 46.1. The minimum absolute atomic E-state index is 0.0411. The molecule has 1 aromatic heterocycles. The molecule has 1 unspecified atom stereocenters. The number of carbonyl (C=O) groups excluding carboxylic acids is 3. The number of thiazole rings is 1. The quantitative estimate of drug-likeness (QED) is 0.394. The molecule has 2 aromatic rings. The van der Waals surface area contributed by atoms with E-state index in [-0.39, 0.29) is 43.1 Å². The molecule has 37 heavy (non-hydrogen) atoms. The van der Waals surface area contributed by atoms with Crippen LogP contribution >= 0.6 is 11.3 Å². The third kappa shape index (κ3) is 7.15. The summed E-state index contributed by atoms with van der Waals surface area (Å²) in [6.07, 6.45) is 0.0752. The minimum Gasteiger partial charge on any atom is -0.391 e. The number of nitrogens with zero attached hydrogens (tertiary/aromatic N) is 2. The van der Waals surface area contributed by atoms with E-state index in [1.807, 2.05) is 64.4 Å². The van der Waals surface area contributed by atoms with Gasteiger partial charge >= 0.3 is 0 Å². The molecule has 1 aromatic carbocycles. The molecular weight excluding hydrogens is 490 g/mol. The molecule has 1 aliphatic rings. The van der Waals surface area contributed by atoms with Crippen LogP contribution in [0, 0.1) is 12.3 Å². The van der Waals surface area contributed by atoms with E-state index >= 15 is 0 Å². The molecule has 4 atom stereocenters. The van der Waals surface area contributed by atoms with Gasteiger partial charge in [0.25, 0.3) is 0 Å². The number of aliphatic hydroxyl groups is 1. The summed E-state index contributed by atoms with van der Waals surface area (Å²) in [5.74, 6) is -0.964. The van der Waals surface area contributed by atoms with E-state index in [0.29, 0.717) is 13.0 Å². The van der Waals surface area contributed by atoms with Crippen molar-refractivity contribution in [3.05, 3.63) is 41.0 Å². The zero-order valence-electron chi connectivity index (χ0n) is 22.3. The number of aromatic nitrogens is 1. The Hall–Kier alpha value is -2.82. The average molecular weight is 530 g/mol. The highest BCUT2D eigenvalue weighted by atomic mass is 32.1. The molecule has 1 fully saturated rings. The largest absolute Gasteiger partial charge is 0.391 e. The first-order valence-corrected chi connectivity index (χ1v) is 13.6. The summed E-state index contributed by atoms with van der Waals surface area (Å²) in [6, 6.07) is 6.00. The molecule has 0 aliphatic carbocycles. The van der Waals surface area contributed by atoms with Gasteiger partial charge in [-0.1, -0.05) is 45.0 Å². The number of aryl methyl sites for hydroxylation is 1. The van der Waals surface area contributed by atoms with Gasteiger partial charge in [-0.2, -0.15) is 0 Å². The Kier molecular flexibility index (Phi) is 9.44. The van der Waals surface area contributed by atoms with Gasteiger partial charge < -0.3 is 26.4 Å². The van der Waals surface area contributed by atoms with Gasteiger partial charge in [-0.3, -0.25) is 14.4 Å². The van der Waals surface area contributed by atoms with Crippen LogP contribution in [0.1, 0.15) is 64.3 Å². The summed E-state index contributed by atoms with van der Waals surface area (Å²) in [7, 11) is 0. The standard InChI is InChI=1S/C27H39N5O4S/c1-16(18-8-10-19(11-9-18)23-17(2)29-15-37-23)30-25(35)21-13-20(33)14-32(21)26(36)24(27(3,4)5)31-22(34)7-6-12-28/h8-11,15-16,20-21,24,33H,6-7,12-14,28H2,1-5H3,(H,30,35)(H,31,34)/t16-,20+,21?,24+/m0/s1. The monoisotopic (exact) mass is 529 g/mol. The number of amides is 3. The normalized spacial score (nSPS) is 19.4. The number of carbonyl (C=O) groups is 3. The zero-order chi connectivity index (χ0) is 27.3. The summed E-state index contributed by atoms with van der Waals surface area (Å²) in [5.41, 5.74) is 9.71. The van der Waals surface area contributed by atoms with Gasteiger partial charge in [0.2, 0.25) is 17.7 Å². The maximum Gasteiger partial charge on any atom is 0.246 e. The Labute approximate surface area is 222 Å². The number of rotatable bonds is 9. The zero-order valence-corrected chi connectivity index (χ0v) is 23.1. The summed E-state index contributed by atoms with van der Waals surface area (Å²) in [6.45, 7) is 9.87. The van der Waals surface area contributed by atoms with E-state index in [1.165, 1.54) is 4.90 Å². The minimum atomic E-state index is -0.835. The fourth-order valence-electron chi connectivity index (χ4n) is 4.51. The van der Waals surface area contributed by atoms with Gasteiger partial charge in [-0.25, -0.2) is 4.98 Å². The second kappa shape index (κ2) is 12.1. The number of benzene rings is 1. The van der Waals surface area contributed by atoms with Gasteiger partial charge in [-0.15, -0.1) is 11.3 Å². The Morgan fingerprint density at radius 1 is 1.22 bits per heavy atom. The van der Waals surface area contributed by atoms with Crippen LogP contribution in [-0.4, -0.2) is 64.0 Å². The fraction of sp³-hybridized carbons (Fsp3) is 0.556. The predicted octanol–water partition coefficient (Wildman–Crippen LogP) is 2.53. The van der Waals surface area contributed by atoms with Gasteiger partial charge in [0.15, 0.2) is 0 Å². The molecule has 2 heterocycles. The lowest BCUT2D eigenvalue weighted by molar-refractivity contribution is -0.144. The lowest BCUT2D eigenvalue weighted by atomic mass is 9.85. The van der Waals surface area contributed by atoms with E-state index < -0.39 is 23.6 Å². The van der Waals surface area contributed by atoms with Crippen LogP contribution in [0.5, 0.6) is 0 Å². The number of aliphatic hydroxyl groups excluding tert-OH is 1. The number of hydrogen-bond donors (Lipinski definition) is 4. The third-order valence-corrected chi connectivity index (χ3v) is 7.65. The predicted molar refractivity (Wildman–Crippen MR) is 145 cm³/mol. The van der Waals surface area contributed by atoms with Crippen molar-refractivity contribution in [1.29, 1.82) is 0 Å². The number of likely N-dealkylation sites (tertiary alicyclic amines) is 1. The highest BCUT2D eigenvalue weighted by Crippen LogP contribution is 2.29. The van der Waals surface area contributed by atoms with Crippen LogP contribution < -0.4 is 16.4 Å². The number of nitrogens with one attached hydrogen (secondary N) is 2. The lowest BCUT2D eigenvalue weighted by Crippen LogP contribution is -2.57. The Morgan fingerprint density at radius 3 is 2.46 bits per heavy atom. The van der Waals surface area contributed by atoms with Crippen molar-refractivity contribution in [2.24, 2.45) is 11.1 Å². The van der Waals surface area contributed by atoms with Crippen molar-refractivity contribution >= 4 is 29.1 Å². The average Bonchev–Trinajstić information content (AvgIpc) is 3.45. The van der Waals surface area contributed by atoms with Gasteiger partial charge in [0, 0.05) is 19.4 Å². The van der Waals surface area contributed by atoms with Crippen LogP contribution in [0.4, 0.5) is 0 Å². The first-order chi connectivity index (χ1) is 17.4. The van der Waals surface area contributed by atoms with Crippen molar-refractivity contribution in [2.45, 2.75) is 78.1 Å². The third-order valence-electron chi connectivity index (χ3n) is 6.67. The van der Waals surface area contributed by atoms with E-state index in [2.05, 4.69) is 15.6 Å². The molecule has 0 radical (unpaired) electrons. The highest BCUT2D eigenvalue weighted by molar-refractivity contribution is 7.13. The topological polar surface area (TPSA) is 138 Å². The molecule has 202 valence electrons. The van der Waals surface area contributed by atoms with Crippen LogP contribution in [0.3, 0.4) is 0 Å². The molecule has 0 bridgehead atoms. The second-order valence-electron chi connectivity index (χ2n) is 10.8. The molecule has 5 N–H and O–H groups in total. The molecular formula is C27H39N5O4S. The van der Waals surface area contributed by atoms with Gasteiger partial charge in [0.05, 0.1) is 28.2 Å². The summed E-state index contributed by atoms with van der Waals surface area (Å²) >= 11 is 1.58.